The first kappa shape index (κ1) is 10.5. The maximum atomic E-state index is 12.3. The van der Waals surface area contributed by atoms with E-state index < -0.39 is 0 Å². The van der Waals surface area contributed by atoms with Crippen LogP contribution in [0.1, 0.15) is 5.56 Å². The summed E-state index contributed by atoms with van der Waals surface area (Å²) in [7, 11) is 0. The summed E-state index contributed by atoms with van der Waals surface area (Å²) in [6.45, 7) is 1.86. The van der Waals surface area contributed by atoms with E-state index >= 15 is 0 Å². The molecule has 90 valence electrons. The summed E-state index contributed by atoms with van der Waals surface area (Å²) in [6.07, 6.45) is 1.63. The molecule has 0 saturated carbocycles. The Kier molecular flexibility index (Phi) is 1.97. The standard InChI is InChI=1S/C11H10N6O/c1-5-3-2-4-17-9(5)15-8-6(10(17)18)7(12)14-11(13)16-8/h2-4H,1H3,(H4,12,13,14,16). The van der Waals surface area contributed by atoms with E-state index in [2.05, 4.69) is 15.0 Å². The molecule has 3 heterocycles. The molecule has 3 rings (SSSR count). The summed E-state index contributed by atoms with van der Waals surface area (Å²) in [5, 5.41) is 0.187. The molecule has 0 bridgehead atoms. The number of nitrogens with zero attached hydrogens (tertiary/aromatic N) is 4. The van der Waals surface area contributed by atoms with Gasteiger partial charge in [-0.15, -0.1) is 0 Å². The van der Waals surface area contributed by atoms with Gasteiger partial charge in [-0.2, -0.15) is 9.97 Å². The Labute approximate surface area is 101 Å². The van der Waals surface area contributed by atoms with Crippen molar-refractivity contribution in [2.75, 3.05) is 11.5 Å². The van der Waals surface area contributed by atoms with Crippen molar-refractivity contribution in [3.8, 4) is 0 Å². The van der Waals surface area contributed by atoms with Gasteiger partial charge in [0.05, 0.1) is 0 Å². The fourth-order valence-electron chi connectivity index (χ4n) is 1.90. The molecule has 18 heavy (non-hydrogen) atoms. The van der Waals surface area contributed by atoms with E-state index in [1.165, 1.54) is 4.40 Å². The van der Waals surface area contributed by atoms with Crippen LogP contribution in [0, 0.1) is 6.92 Å². The van der Waals surface area contributed by atoms with Gasteiger partial charge in [-0.1, -0.05) is 6.07 Å². The Bertz CT molecular complexity index is 838. The van der Waals surface area contributed by atoms with Gasteiger partial charge in [0.25, 0.3) is 5.56 Å². The van der Waals surface area contributed by atoms with Crippen LogP contribution in [0.25, 0.3) is 16.7 Å². The molecular formula is C11H10N6O. The van der Waals surface area contributed by atoms with Crippen LogP contribution in [-0.2, 0) is 0 Å². The fraction of sp³-hybridized carbons (Fsp3) is 0.0909. The fourth-order valence-corrected chi connectivity index (χ4v) is 1.90. The van der Waals surface area contributed by atoms with Crippen molar-refractivity contribution in [2.24, 2.45) is 0 Å². The molecule has 4 N–H and O–H groups in total. The lowest BCUT2D eigenvalue weighted by molar-refractivity contribution is 1.05. The molecule has 0 spiro atoms. The van der Waals surface area contributed by atoms with E-state index in [0.717, 1.165) is 5.56 Å². The summed E-state index contributed by atoms with van der Waals surface area (Å²) < 4.78 is 1.42. The van der Waals surface area contributed by atoms with Crippen molar-refractivity contribution in [3.05, 3.63) is 34.2 Å². The highest BCUT2D eigenvalue weighted by atomic mass is 16.1. The lowest BCUT2D eigenvalue weighted by atomic mass is 10.3. The smallest absolute Gasteiger partial charge is 0.271 e. The summed E-state index contributed by atoms with van der Waals surface area (Å²) >= 11 is 0. The maximum Gasteiger partial charge on any atom is 0.271 e. The largest absolute Gasteiger partial charge is 0.383 e. The number of aromatic nitrogens is 4. The maximum absolute atomic E-state index is 12.3. The van der Waals surface area contributed by atoms with Gasteiger partial charge in [-0.05, 0) is 18.6 Å². The molecule has 0 aliphatic rings. The zero-order chi connectivity index (χ0) is 12.9. The molecule has 0 aliphatic carbocycles. The van der Waals surface area contributed by atoms with Gasteiger partial charge in [-0.3, -0.25) is 9.20 Å². The van der Waals surface area contributed by atoms with E-state index in [9.17, 15) is 4.79 Å². The Morgan fingerprint density at radius 3 is 2.78 bits per heavy atom. The Morgan fingerprint density at radius 1 is 1.22 bits per heavy atom. The second kappa shape index (κ2) is 3.39. The van der Waals surface area contributed by atoms with Crippen LogP contribution in [0.15, 0.2) is 23.1 Å². The normalized spacial score (nSPS) is 11.2. The molecule has 3 aromatic rings. The van der Waals surface area contributed by atoms with E-state index in [1.54, 1.807) is 12.3 Å². The molecule has 3 aromatic heterocycles. The molecule has 0 amide bonds. The zero-order valence-electron chi connectivity index (χ0n) is 9.58. The van der Waals surface area contributed by atoms with Crippen molar-refractivity contribution < 1.29 is 0 Å². The minimum absolute atomic E-state index is 0.00448. The molecule has 0 aliphatic heterocycles. The number of nitrogens with two attached hydrogens (primary N) is 2. The van der Waals surface area contributed by atoms with Crippen molar-refractivity contribution in [1.29, 1.82) is 0 Å². The molecule has 7 nitrogen and oxygen atoms in total. The van der Waals surface area contributed by atoms with Gasteiger partial charge < -0.3 is 11.5 Å². The quantitative estimate of drug-likeness (QED) is 0.541. The van der Waals surface area contributed by atoms with Gasteiger partial charge in [0.2, 0.25) is 5.95 Å². The van der Waals surface area contributed by atoms with Crippen molar-refractivity contribution in [3.63, 3.8) is 0 Å². The molecule has 7 heteroatoms. The predicted molar refractivity (Wildman–Crippen MR) is 68.1 cm³/mol. The van der Waals surface area contributed by atoms with Crippen LogP contribution < -0.4 is 17.0 Å². The second-order valence-corrected chi connectivity index (χ2v) is 3.97. The van der Waals surface area contributed by atoms with Gasteiger partial charge in [-0.25, -0.2) is 4.98 Å². The Morgan fingerprint density at radius 2 is 2.00 bits per heavy atom. The summed E-state index contributed by atoms with van der Waals surface area (Å²) in [4.78, 5) is 24.3. The molecule has 0 aromatic carbocycles. The summed E-state index contributed by atoms with van der Waals surface area (Å²) in [5.74, 6) is 0.0516. The molecule has 0 atom stereocenters. The number of fused-ring (bicyclic) bond motifs is 2. The first-order valence-corrected chi connectivity index (χ1v) is 5.28. The number of nitrogen functional groups attached to an aromatic ring is 2. The number of hydrogen-bond donors (Lipinski definition) is 2. The molecule has 0 radical (unpaired) electrons. The van der Waals surface area contributed by atoms with Crippen LogP contribution in [0.3, 0.4) is 0 Å². The van der Waals surface area contributed by atoms with Gasteiger partial charge in [0.15, 0.2) is 5.65 Å². The van der Waals surface area contributed by atoms with Gasteiger partial charge >= 0.3 is 0 Å². The molecular weight excluding hydrogens is 232 g/mol. The SMILES string of the molecule is Cc1cccn2c(=O)c3c(N)nc(N)nc3nc12. The second-order valence-electron chi connectivity index (χ2n) is 3.97. The van der Waals surface area contributed by atoms with E-state index in [-0.39, 0.29) is 28.4 Å². The Hall–Kier alpha value is -2.70. The van der Waals surface area contributed by atoms with Crippen LogP contribution in [0.2, 0.25) is 0 Å². The number of anilines is 2. The third-order valence-corrected chi connectivity index (χ3v) is 2.74. The topological polar surface area (TPSA) is 112 Å². The van der Waals surface area contributed by atoms with Crippen molar-refractivity contribution >= 4 is 28.4 Å². The monoisotopic (exact) mass is 242 g/mol. The molecule has 0 saturated heterocycles. The van der Waals surface area contributed by atoms with E-state index in [1.807, 2.05) is 13.0 Å². The van der Waals surface area contributed by atoms with Crippen LogP contribution >= 0.6 is 0 Å². The number of aryl methyl sites for hydroxylation is 1. The predicted octanol–water partition coefficient (Wildman–Crippen LogP) is 0.111. The molecule has 0 unspecified atom stereocenters. The Balaban J connectivity index is 2.66. The summed E-state index contributed by atoms with van der Waals surface area (Å²) in [5.41, 5.74) is 12.5. The van der Waals surface area contributed by atoms with Crippen molar-refractivity contribution in [2.45, 2.75) is 6.92 Å². The average molecular weight is 242 g/mol. The lowest BCUT2D eigenvalue weighted by Gasteiger charge is -2.06. The third-order valence-electron chi connectivity index (χ3n) is 2.74. The minimum atomic E-state index is -0.295. The van der Waals surface area contributed by atoms with E-state index in [4.69, 9.17) is 11.5 Å². The zero-order valence-corrected chi connectivity index (χ0v) is 9.58. The highest BCUT2D eigenvalue weighted by molar-refractivity contribution is 5.86. The third kappa shape index (κ3) is 1.30. The van der Waals surface area contributed by atoms with Crippen LogP contribution in [0.4, 0.5) is 11.8 Å². The average Bonchev–Trinajstić information content (AvgIpc) is 2.30. The number of rotatable bonds is 0. The highest BCUT2D eigenvalue weighted by Gasteiger charge is 2.12. The first-order chi connectivity index (χ1) is 8.58. The number of pyridine rings is 1. The lowest BCUT2D eigenvalue weighted by Crippen LogP contribution is -2.19. The highest BCUT2D eigenvalue weighted by Crippen LogP contribution is 2.15. The molecule has 0 fully saturated rings. The van der Waals surface area contributed by atoms with Gasteiger partial charge in [0.1, 0.15) is 16.9 Å². The van der Waals surface area contributed by atoms with Crippen molar-refractivity contribution in [1.82, 2.24) is 19.4 Å². The minimum Gasteiger partial charge on any atom is -0.383 e. The van der Waals surface area contributed by atoms with Crippen LogP contribution in [-0.4, -0.2) is 19.4 Å². The first-order valence-electron chi connectivity index (χ1n) is 5.28. The van der Waals surface area contributed by atoms with Crippen LogP contribution in [0.5, 0.6) is 0 Å². The summed E-state index contributed by atoms with van der Waals surface area (Å²) in [6, 6.07) is 3.63. The number of hydrogen-bond acceptors (Lipinski definition) is 6. The van der Waals surface area contributed by atoms with Gasteiger partial charge in [0, 0.05) is 6.20 Å². The van der Waals surface area contributed by atoms with E-state index in [0.29, 0.717) is 5.65 Å².